The molecule has 2 rings (SSSR count). The van der Waals surface area contributed by atoms with Crippen molar-refractivity contribution in [1.82, 2.24) is 0 Å². The van der Waals surface area contributed by atoms with E-state index in [4.69, 9.17) is 14.2 Å². The monoisotopic (exact) mass is 434 g/mol. The Morgan fingerprint density at radius 1 is 0.645 bits per heavy atom. The molecule has 0 aliphatic rings. The molecule has 31 heavy (non-hydrogen) atoms. The lowest BCUT2D eigenvalue weighted by Gasteiger charge is -2.18. The molecular formula is C20H18O11. The molecule has 0 saturated carbocycles. The van der Waals surface area contributed by atoms with Crippen molar-refractivity contribution in [3.63, 3.8) is 0 Å². The molecule has 0 aliphatic carbocycles. The number of benzene rings is 2. The minimum absolute atomic E-state index is 0.0314. The van der Waals surface area contributed by atoms with Crippen LogP contribution in [0.4, 0.5) is 0 Å². The van der Waals surface area contributed by atoms with E-state index in [2.05, 4.69) is 0 Å². The van der Waals surface area contributed by atoms with Gasteiger partial charge in [-0.15, -0.1) is 0 Å². The predicted octanol–water partition coefficient (Wildman–Crippen LogP) is 3.07. The number of carboxylic acid groups (broad SMARTS) is 4. The van der Waals surface area contributed by atoms with Crippen molar-refractivity contribution in [2.75, 3.05) is 13.2 Å². The smallest absolute Gasteiger partial charge is 0.340 e. The molecule has 164 valence electrons. The zero-order valence-electron chi connectivity index (χ0n) is 16.4. The third-order valence-electron chi connectivity index (χ3n) is 3.93. The second-order valence-corrected chi connectivity index (χ2v) is 5.82. The van der Waals surface area contributed by atoms with Gasteiger partial charge in [-0.25, -0.2) is 19.2 Å². The van der Waals surface area contributed by atoms with Crippen molar-refractivity contribution in [2.24, 2.45) is 0 Å². The van der Waals surface area contributed by atoms with Crippen molar-refractivity contribution in [3.8, 4) is 23.0 Å². The minimum atomic E-state index is -1.58. The van der Waals surface area contributed by atoms with E-state index in [0.29, 0.717) is 0 Å². The number of aromatic carboxylic acids is 4. The molecule has 0 fully saturated rings. The van der Waals surface area contributed by atoms with Gasteiger partial charge in [0, 0.05) is 0 Å². The summed E-state index contributed by atoms with van der Waals surface area (Å²) in [6.07, 6.45) is 0. The van der Waals surface area contributed by atoms with Crippen molar-refractivity contribution in [2.45, 2.75) is 13.8 Å². The summed E-state index contributed by atoms with van der Waals surface area (Å²) < 4.78 is 16.3. The average Bonchev–Trinajstić information content (AvgIpc) is 2.69. The minimum Gasteiger partial charge on any atom is -0.489 e. The van der Waals surface area contributed by atoms with E-state index < -0.39 is 57.6 Å². The number of rotatable bonds is 10. The van der Waals surface area contributed by atoms with Crippen LogP contribution in [0.2, 0.25) is 0 Å². The quantitative estimate of drug-likeness (QED) is 0.432. The molecule has 0 spiro atoms. The lowest BCUT2D eigenvalue weighted by atomic mass is 10.0. The van der Waals surface area contributed by atoms with Crippen LogP contribution in [-0.2, 0) is 0 Å². The molecule has 2 aromatic rings. The van der Waals surface area contributed by atoms with E-state index in [1.165, 1.54) is 0 Å². The lowest BCUT2D eigenvalue weighted by Crippen LogP contribution is -2.13. The maximum Gasteiger partial charge on any atom is 0.340 e. The van der Waals surface area contributed by atoms with Crippen LogP contribution in [0.5, 0.6) is 23.0 Å². The Morgan fingerprint density at radius 2 is 1.00 bits per heavy atom. The van der Waals surface area contributed by atoms with Gasteiger partial charge in [-0.2, -0.15) is 0 Å². The number of hydrogen-bond donors (Lipinski definition) is 4. The Labute approximate surface area is 175 Å². The van der Waals surface area contributed by atoms with Gasteiger partial charge in [0.05, 0.1) is 24.3 Å². The molecule has 0 unspecified atom stereocenters. The first-order valence-electron chi connectivity index (χ1n) is 8.84. The summed E-state index contributed by atoms with van der Waals surface area (Å²) in [5.41, 5.74) is -2.41. The maximum absolute atomic E-state index is 11.7. The highest BCUT2D eigenvalue weighted by Gasteiger charge is 2.28. The predicted molar refractivity (Wildman–Crippen MR) is 103 cm³/mol. The number of carboxylic acids is 4. The summed E-state index contributed by atoms with van der Waals surface area (Å²) in [4.78, 5) is 46.2. The summed E-state index contributed by atoms with van der Waals surface area (Å²) in [7, 11) is 0. The first-order chi connectivity index (χ1) is 14.6. The molecule has 0 aliphatic heterocycles. The maximum atomic E-state index is 11.7. The van der Waals surface area contributed by atoms with E-state index in [0.717, 1.165) is 24.3 Å². The van der Waals surface area contributed by atoms with Gasteiger partial charge in [0.1, 0.15) is 11.1 Å². The highest BCUT2D eigenvalue weighted by atomic mass is 16.5. The summed E-state index contributed by atoms with van der Waals surface area (Å²) in [5.74, 6) is -7.41. The Hall–Kier alpha value is -4.28. The van der Waals surface area contributed by atoms with E-state index in [1.807, 2.05) is 0 Å². The fourth-order valence-corrected chi connectivity index (χ4v) is 2.76. The van der Waals surface area contributed by atoms with Gasteiger partial charge in [0.15, 0.2) is 23.0 Å². The number of ether oxygens (including phenoxy) is 3. The van der Waals surface area contributed by atoms with Crippen LogP contribution in [0.15, 0.2) is 24.3 Å². The first kappa shape index (κ1) is 23.0. The van der Waals surface area contributed by atoms with Gasteiger partial charge in [0.2, 0.25) is 0 Å². The first-order valence-corrected chi connectivity index (χ1v) is 8.84. The summed E-state index contributed by atoms with van der Waals surface area (Å²) in [5, 5.41) is 37.6. The summed E-state index contributed by atoms with van der Waals surface area (Å²) in [6, 6.07) is 4.27. The van der Waals surface area contributed by atoms with Crippen LogP contribution in [0.1, 0.15) is 55.3 Å². The Morgan fingerprint density at radius 3 is 1.26 bits per heavy atom. The van der Waals surface area contributed by atoms with Crippen LogP contribution in [0.3, 0.4) is 0 Å². The van der Waals surface area contributed by atoms with Gasteiger partial charge in [-0.1, -0.05) is 0 Å². The third-order valence-corrected chi connectivity index (χ3v) is 3.93. The molecule has 0 radical (unpaired) electrons. The largest absolute Gasteiger partial charge is 0.489 e. The fourth-order valence-electron chi connectivity index (χ4n) is 2.76. The SMILES string of the molecule is CCOc1c(Oc2ccc(C(=O)O)c(C(=O)O)c2OCC)ccc(C(=O)O)c1C(=O)O. The van der Waals surface area contributed by atoms with Gasteiger partial charge < -0.3 is 34.6 Å². The Kier molecular flexibility index (Phi) is 7.03. The van der Waals surface area contributed by atoms with E-state index in [-0.39, 0.29) is 24.7 Å². The van der Waals surface area contributed by atoms with Crippen LogP contribution in [0, 0.1) is 0 Å². The Balaban J connectivity index is 2.75. The van der Waals surface area contributed by atoms with Gasteiger partial charge >= 0.3 is 23.9 Å². The molecule has 11 nitrogen and oxygen atoms in total. The number of hydrogen-bond acceptors (Lipinski definition) is 7. The molecule has 0 amide bonds. The van der Waals surface area contributed by atoms with Crippen LogP contribution >= 0.6 is 0 Å². The molecule has 2 aromatic carbocycles. The molecule has 0 saturated heterocycles. The average molecular weight is 434 g/mol. The molecule has 0 bridgehead atoms. The van der Waals surface area contributed by atoms with E-state index >= 15 is 0 Å². The number of carbonyl (C=O) groups is 4. The highest BCUT2D eigenvalue weighted by molar-refractivity contribution is 6.05. The summed E-state index contributed by atoms with van der Waals surface area (Å²) in [6.45, 7) is 3.02. The van der Waals surface area contributed by atoms with Crippen molar-refractivity contribution >= 4 is 23.9 Å². The van der Waals surface area contributed by atoms with Gasteiger partial charge in [-0.3, -0.25) is 0 Å². The Bertz CT molecular complexity index is 972. The fraction of sp³-hybridized carbons (Fsp3) is 0.200. The highest BCUT2D eigenvalue weighted by Crippen LogP contribution is 2.42. The van der Waals surface area contributed by atoms with Crippen molar-refractivity contribution in [1.29, 1.82) is 0 Å². The van der Waals surface area contributed by atoms with E-state index in [9.17, 15) is 39.6 Å². The zero-order chi connectivity index (χ0) is 23.3. The molecule has 0 aromatic heterocycles. The lowest BCUT2D eigenvalue weighted by molar-refractivity contribution is 0.0646. The standard InChI is InChI=1S/C20H18O11/c1-3-29-15-11(7-5-9(17(21)22)13(15)19(25)26)31-12-8-6-10(18(23)24)14(20(27)28)16(12)30-4-2/h5-8H,3-4H2,1-2H3,(H,21,22)(H,23,24)(H,25,26)(H,27,28). The van der Waals surface area contributed by atoms with Crippen molar-refractivity contribution < 1.29 is 53.8 Å². The summed E-state index contributed by atoms with van der Waals surface area (Å²) >= 11 is 0. The van der Waals surface area contributed by atoms with Crippen molar-refractivity contribution in [3.05, 3.63) is 46.5 Å². The second kappa shape index (κ2) is 9.48. The molecule has 0 atom stereocenters. The molecular weight excluding hydrogens is 416 g/mol. The normalized spacial score (nSPS) is 10.3. The van der Waals surface area contributed by atoms with Crippen LogP contribution < -0.4 is 14.2 Å². The zero-order valence-corrected chi connectivity index (χ0v) is 16.4. The van der Waals surface area contributed by atoms with E-state index in [1.54, 1.807) is 13.8 Å². The molecule has 4 N–H and O–H groups in total. The molecule has 0 heterocycles. The molecule has 11 heteroatoms. The van der Waals surface area contributed by atoms with Crippen LogP contribution in [-0.4, -0.2) is 57.5 Å². The van der Waals surface area contributed by atoms with Gasteiger partial charge in [0.25, 0.3) is 0 Å². The topological polar surface area (TPSA) is 177 Å². The van der Waals surface area contributed by atoms with Gasteiger partial charge in [-0.05, 0) is 38.1 Å². The third kappa shape index (κ3) is 4.66. The second-order valence-electron chi connectivity index (χ2n) is 5.82. The van der Waals surface area contributed by atoms with Crippen LogP contribution in [0.25, 0.3) is 0 Å².